The highest BCUT2D eigenvalue weighted by atomic mass is 79.9. The van der Waals surface area contributed by atoms with Gasteiger partial charge in [-0.15, -0.1) is 0 Å². The largest absolute Gasteiger partial charge is 0.422 e. The standard InChI is InChI=1S/C28H22BrN3O4/c1-18-7-2-4-10-22(18)28(35)36-25-14-13-21(29)15-20(25)16-31-32-26(33)17-30-27(34)24-12-6-9-19-8-3-5-11-23(19)24/h2-16H,17H2,1H3,(H,30,34)(H,32,33)/b31-16+. The van der Waals surface area contributed by atoms with Crippen molar-refractivity contribution in [2.75, 3.05) is 6.54 Å². The third-order valence-electron chi connectivity index (χ3n) is 5.38. The molecule has 7 nitrogen and oxygen atoms in total. The van der Waals surface area contributed by atoms with E-state index in [0.717, 1.165) is 20.8 Å². The summed E-state index contributed by atoms with van der Waals surface area (Å²) >= 11 is 3.38. The van der Waals surface area contributed by atoms with Gasteiger partial charge in [-0.3, -0.25) is 9.59 Å². The average molecular weight is 544 g/mol. The summed E-state index contributed by atoms with van der Waals surface area (Å²) in [6.45, 7) is 1.57. The minimum Gasteiger partial charge on any atom is -0.422 e. The number of benzene rings is 4. The number of hydrazone groups is 1. The molecule has 0 atom stereocenters. The molecule has 0 saturated heterocycles. The van der Waals surface area contributed by atoms with E-state index in [0.29, 0.717) is 16.7 Å². The van der Waals surface area contributed by atoms with E-state index >= 15 is 0 Å². The Labute approximate surface area is 216 Å². The van der Waals surface area contributed by atoms with Gasteiger partial charge in [-0.1, -0.05) is 70.5 Å². The lowest BCUT2D eigenvalue weighted by atomic mass is 10.0. The number of ether oxygens (including phenoxy) is 1. The molecule has 2 amide bonds. The Balaban J connectivity index is 1.38. The number of fused-ring (bicyclic) bond motifs is 1. The van der Waals surface area contributed by atoms with Crippen LogP contribution in [0.3, 0.4) is 0 Å². The van der Waals surface area contributed by atoms with Crippen molar-refractivity contribution in [3.63, 3.8) is 0 Å². The lowest BCUT2D eigenvalue weighted by Gasteiger charge is -2.09. The van der Waals surface area contributed by atoms with Gasteiger partial charge < -0.3 is 10.1 Å². The van der Waals surface area contributed by atoms with Gasteiger partial charge in [-0.2, -0.15) is 5.10 Å². The maximum Gasteiger partial charge on any atom is 0.343 e. The van der Waals surface area contributed by atoms with Gasteiger partial charge in [0.2, 0.25) is 0 Å². The molecule has 0 heterocycles. The average Bonchev–Trinajstić information content (AvgIpc) is 2.88. The van der Waals surface area contributed by atoms with Crippen LogP contribution in [0, 0.1) is 6.92 Å². The van der Waals surface area contributed by atoms with Crippen molar-refractivity contribution in [1.82, 2.24) is 10.7 Å². The second-order valence-electron chi connectivity index (χ2n) is 7.89. The van der Waals surface area contributed by atoms with E-state index in [1.54, 1.807) is 42.5 Å². The first kappa shape index (κ1) is 24.8. The molecule has 0 bridgehead atoms. The van der Waals surface area contributed by atoms with Crippen molar-refractivity contribution in [2.45, 2.75) is 6.92 Å². The summed E-state index contributed by atoms with van der Waals surface area (Å²) < 4.78 is 6.31. The van der Waals surface area contributed by atoms with E-state index < -0.39 is 11.9 Å². The predicted molar refractivity (Wildman–Crippen MR) is 142 cm³/mol. The van der Waals surface area contributed by atoms with E-state index in [2.05, 4.69) is 31.8 Å². The van der Waals surface area contributed by atoms with Crippen molar-refractivity contribution in [1.29, 1.82) is 0 Å². The highest BCUT2D eigenvalue weighted by Crippen LogP contribution is 2.23. The smallest absolute Gasteiger partial charge is 0.343 e. The van der Waals surface area contributed by atoms with Crippen LogP contribution < -0.4 is 15.5 Å². The number of nitrogens with one attached hydrogen (secondary N) is 2. The van der Waals surface area contributed by atoms with Gasteiger partial charge in [-0.05, 0) is 53.6 Å². The Morgan fingerprint density at radius 2 is 1.64 bits per heavy atom. The summed E-state index contributed by atoms with van der Waals surface area (Å²) in [7, 11) is 0. The van der Waals surface area contributed by atoms with Crippen molar-refractivity contribution in [2.24, 2.45) is 5.10 Å². The molecule has 0 spiro atoms. The van der Waals surface area contributed by atoms with Crippen LogP contribution >= 0.6 is 15.9 Å². The lowest BCUT2D eigenvalue weighted by molar-refractivity contribution is -0.120. The topological polar surface area (TPSA) is 96.9 Å². The number of esters is 1. The molecule has 0 aliphatic rings. The summed E-state index contributed by atoms with van der Waals surface area (Å²) in [5.41, 5.74) is 4.59. The lowest BCUT2D eigenvalue weighted by Crippen LogP contribution is -2.35. The van der Waals surface area contributed by atoms with Gasteiger partial charge in [-0.25, -0.2) is 10.2 Å². The van der Waals surface area contributed by atoms with Gasteiger partial charge in [0.05, 0.1) is 18.3 Å². The third-order valence-corrected chi connectivity index (χ3v) is 5.87. The Bertz CT molecular complexity index is 1480. The molecule has 0 aliphatic carbocycles. The molecular weight excluding hydrogens is 522 g/mol. The number of rotatable bonds is 7. The highest BCUT2D eigenvalue weighted by Gasteiger charge is 2.14. The Kier molecular flexibility index (Phi) is 7.87. The second-order valence-corrected chi connectivity index (χ2v) is 8.80. The van der Waals surface area contributed by atoms with E-state index in [9.17, 15) is 14.4 Å². The monoisotopic (exact) mass is 543 g/mol. The summed E-state index contributed by atoms with van der Waals surface area (Å²) in [5, 5.41) is 8.30. The number of aryl methyl sites for hydroxylation is 1. The zero-order valence-electron chi connectivity index (χ0n) is 19.3. The van der Waals surface area contributed by atoms with Crippen LogP contribution in [0.5, 0.6) is 5.75 Å². The molecule has 8 heteroatoms. The number of carbonyl (C=O) groups is 3. The molecule has 0 unspecified atom stereocenters. The minimum absolute atomic E-state index is 0.257. The molecule has 0 aliphatic heterocycles. The summed E-state index contributed by atoms with van der Waals surface area (Å²) in [6.07, 6.45) is 1.37. The second kappa shape index (κ2) is 11.4. The number of carbonyl (C=O) groups excluding carboxylic acids is 3. The van der Waals surface area contributed by atoms with Crippen LogP contribution in [0.4, 0.5) is 0 Å². The van der Waals surface area contributed by atoms with Gasteiger partial charge in [0, 0.05) is 15.6 Å². The van der Waals surface area contributed by atoms with Crippen molar-refractivity contribution >= 4 is 50.7 Å². The quantitative estimate of drug-likeness (QED) is 0.148. The SMILES string of the molecule is Cc1ccccc1C(=O)Oc1ccc(Br)cc1/C=N/NC(=O)CNC(=O)c1cccc2ccccc12. The maximum atomic E-state index is 12.6. The molecule has 2 N–H and O–H groups in total. The molecule has 0 aromatic heterocycles. The van der Waals surface area contributed by atoms with Gasteiger partial charge in [0.15, 0.2) is 0 Å². The number of hydrogen-bond acceptors (Lipinski definition) is 5. The first-order chi connectivity index (χ1) is 17.4. The molecule has 4 aromatic rings. The number of nitrogens with zero attached hydrogens (tertiary/aromatic N) is 1. The number of hydrogen-bond donors (Lipinski definition) is 2. The summed E-state index contributed by atoms with van der Waals surface area (Å²) in [6, 6.07) is 25.2. The molecule has 36 heavy (non-hydrogen) atoms. The fraction of sp³-hybridized carbons (Fsp3) is 0.0714. The van der Waals surface area contributed by atoms with Crippen LogP contribution in [0.15, 0.2) is 94.5 Å². The van der Waals surface area contributed by atoms with Crippen LogP contribution in [0.1, 0.15) is 31.8 Å². The van der Waals surface area contributed by atoms with Crippen molar-refractivity contribution < 1.29 is 19.1 Å². The Hall–Kier alpha value is -4.30. The molecule has 4 aromatic carbocycles. The normalized spacial score (nSPS) is 10.8. The molecule has 0 saturated carbocycles. The fourth-order valence-electron chi connectivity index (χ4n) is 3.56. The van der Waals surface area contributed by atoms with E-state index in [1.165, 1.54) is 6.21 Å². The summed E-state index contributed by atoms with van der Waals surface area (Å²) in [5.74, 6) is -1.07. The number of amides is 2. The van der Waals surface area contributed by atoms with Crippen LogP contribution in [0.25, 0.3) is 10.8 Å². The fourth-order valence-corrected chi connectivity index (χ4v) is 3.94. The van der Waals surface area contributed by atoms with Crippen molar-refractivity contribution in [3.8, 4) is 5.75 Å². The number of halogens is 1. The van der Waals surface area contributed by atoms with Crippen molar-refractivity contribution in [3.05, 3.63) is 112 Å². The third kappa shape index (κ3) is 6.03. The van der Waals surface area contributed by atoms with E-state index in [4.69, 9.17) is 4.74 Å². The molecule has 0 fully saturated rings. The minimum atomic E-state index is -0.506. The maximum absolute atomic E-state index is 12.6. The first-order valence-electron chi connectivity index (χ1n) is 11.1. The van der Waals surface area contributed by atoms with Gasteiger partial charge >= 0.3 is 5.97 Å². The van der Waals surface area contributed by atoms with E-state index in [-0.39, 0.29) is 18.2 Å². The summed E-state index contributed by atoms with van der Waals surface area (Å²) in [4.78, 5) is 37.5. The molecule has 180 valence electrons. The zero-order chi connectivity index (χ0) is 25.5. The highest BCUT2D eigenvalue weighted by molar-refractivity contribution is 9.10. The van der Waals surface area contributed by atoms with Gasteiger partial charge in [0.1, 0.15) is 5.75 Å². The van der Waals surface area contributed by atoms with E-state index in [1.807, 2.05) is 49.4 Å². The van der Waals surface area contributed by atoms with Crippen LogP contribution in [0.2, 0.25) is 0 Å². The van der Waals surface area contributed by atoms with Crippen LogP contribution in [-0.4, -0.2) is 30.5 Å². The van der Waals surface area contributed by atoms with Gasteiger partial charge in [0.25, 0.3) is 11.8 Å². The molecule has 0 radical (unpaired) electrons. The Morgan fingerprint density at radius 3 is 2.47 bits per heavy atom. The first-order valence-corrected chi connectivity index (χ1v) is 11.9. The zero-order valence-corrected chi connectivity index (χ0v) is 20.9. The molecule has 4 rings (SSSR count). The Morgan fingerprint density at radius 1 is 0.917 bits per heavy atom. The van der Waals surface area contributed by atoms with Crippen LogP contribution in [-0.2, 0) is 4.79 Å². The predicted octanol–water partition coefficient (Wildman–Crippen LogP) is 5.01. The molecular formula is C28H22BrN3O4.